The molecule has 0 fully saturated rings. The minimum absolute atomic E-state index is 0.523. The van der Waals surface area contributed by atoms with E-state index in [0.29, 0.717) is 11.7 Å². The monoisotopic (exact) mass is 692 g/mol. The molecule has 3 aromatic heterocycles. The summed E-state index contributed by atoms with van der Waals surface area (Å²) in [7, 11) is 0. The summed E-state index contributed by atoms with van der Waals surface area (Å²) in [5.41, 5.74) is 13.7. The van der Waals surface area contributed by atoms with Crippen molar-refractivity contribution in [2.24, 2.45) is 5.92 Å². The Morgan fingerprint density at radius 3 is 1.98 bits per heavy atom. The van der Waals surface area contributed by atoms with Crippen molar-refractivity contribution in [2.75, 3.05) is 0 Å². The summed E-state index contributed by atoms with van der Waals surface area (Å²) in [5.74, 6) is 1.21. The third-order valence-corrected chi connectivity index (χ3v) is 10.5. The van der Waals surface area contributed by atoms with E-state index in [-0.39, 0.29) is 0 Å². The maximum atomic E-state index is 5.34. The predicted molar refractivity (Wildman–Crippen MR) is 224 cm³/mol. The number of hydrogen-bond donors (Lipinski definition) is 0. The molecule has 256 valence electrons. The van der Waals surface area contributed by atoms with Crippen LogP contribution in [0.2, 0.25) is 0 Å². The summed E-state index contributed by atoms with van der Waals surface area (Å²) in [6.07, 6.45) is 7.95. The Bertz CT molecular complexity index is 2900. The van der Waals surface area contributed by atoms with Crippen LogP contribution in [-0.2, 0) is 0 Å². The van der Waals surface area contributed by atoms with Crippen molar-refractivity contribution in [3.05, 3.63) is 188 Å². The van der Waals surface area contributed by atoms with E-state index in [1.807, 2.05) is 6.07 Å². The molecule has 1 aliphatic rings. The average Bonchev–Trinajstić information content (AvgIpc) is 3.60. The number of benzene rings is 6. The number of para-hydroxylation sites is 3. The first-order chi connectivity index (χ1) is 26.7. The molecule has 6 aromatic carbocycles. The third-order valence-electron chi connectivity index (χ3n) is 10.5. The summed E-state index contributed by atoms with van der Waals surface area (Å²) < 4.78 is 2.38. The van der Waals surface area contributed by atoms with Crippen LogP contribution in [0.1, 0.15) is 18.9 Å². The maximum Gasteiger partial charge on any atom is 0.160 e. The van der Waals surface area contributed by atoms with E-state index in [4.69, 9.17) is 15.0 Å². The second-order valence-electron chi connectivity index (χ2n) is 14.1. The second-order valence-corrected chi connectivity index (χ2v) is 14.1. The van der Waals surface area contributed by atoms with Gasteiger partial charge in [-0.1, -0.05) is 153 Å². The summed E-state index contributed by atoms with van der Waals surface area (Å²) in [5, 5.41) is 3.44. The normalized spacial score (nSPS) is 14.2. The van der Waals surface area contributed by atoms with Gasteiger partial charge in [0.15, 0.2) is 5.82 Å². The molecule has 0 amide bonds. The molecule has 0 spiro atoms. The first-order valence-electron chi connectivity index (χ1n) is 18.6. The Kier molecular flexibility index (Phi) is 7.80. The lowest BCUT2D eigenvalue weighted by molar-refractivity contribution is 0.740. The van der Waals surface area contributed by atoms with Gasteiger partial charge in [0.05, 0.1) is 33.6 Å². The molecule has 0 radical (unpaired) electrons. The Morgan fingerprint density at radius 1 is 0.537 bits per heavy atom. The Morgan fingerprint density at radius 2 is 1.19 bits per heavy atom. The first kappa shape index (κ1) is 31.8. The van der Waals surface area contributed by atoms with Crippen LogP contribution in [0.4, 0.5) is 0 Å². The summed E-state index contributed by atoms with van der Waals surface area (Å²) in [6.45, 7) is 2.27. The third kappa shape index (κ3) is 5.60. The molecule has 1 unspecified atom stereocenters. The van der Waals surface area contributed by atoms with Crippen LogP contribution in [0.3, 0.4) is 0 Å². The fraction of sp³-hybridized carbons (Fsp3) is 0.0600. The van der Waals surface area contributed by atoms with Crippen LogP contribution in [0.5, 0.6) is 0 Å². The van der Waals surface area contributed by atoms with Gasteiger partial charge in [-0.25, -0.2) is 15.0 Å². The van der Waals surface area contributed by atoms with Gasteiger partial charge in [0.25, 0.3) is 0 Å². The van der Waals surface area contributed by atoms with E-state index >= 15 is 0 Å². The lowest BCUT2D eigenvalue weighted by Crippen LogP contribution is -1.98. The van der Waals surface area contributed by atoms with E-state index < -0.39 is 0 Å². The van der Waals surface area contributed by atoms with Gasteiger partial charge in [0, 0.05) is 44.1 Å². The van der Waals surface area contributed by atoms with Crippen molar-refractivity contribution in [1.82, 2.24) is 19.5 Å². The molecule has 54 heavy (non-hydrogen) atoms. The minimum Gasteiger partial charge on any atom is -0.308 e. The van der Waals surface area contributed by atoms with Gasteiger partial charge in [-0.15, -0.1) is 0 Å². The SMILES string of the molecule is CC1C=C(c2cccc(-c3cc(-c4ccccc4)nc(-c4ccc(-c5nc6ccccc6c6c5c5ccccc5n6-c5ccccc5)cc4)n3)c2)C=CC1. The minimum atomic E-state index is 0.523. The molecule has 0 aliphatic heterocycles. The maximum absolute atomic E-state index is 5.34. The molecule has 0 saturated carbocycles. The predicted octanol–water partition coefficient (Wildman–Crippen LogP) is 12.8. The topological polar surface area (TPSA) is 43.6 Å². The summed E-state index contributed by atoms with van der Waals surface area (Å²) in [6, 6.07) is 57.5. The van der Waals surface area contributed by atoms with Gasteiger partial charge in [0.1, 0.15) is 0 Å². The first-order valence-corrected chi connectivity index (χ1v) is 18.6. The summed E-state index contributed by atoms with van der Waals surface area (Å²) >= 11 is 0. The number of aromatic nitrogens is 4. The summed E-state index contributed by atoms with van der Waals surface area (Å²) in [4.78, 5) is 15.7. The van der Waals surface area contributed by atoms with Crippen LogP contribution in [0.15, 0.2) is 182 Å². The highest BCUT2D eigenvalue weighted by molar-refractivity contribution is 6.22. The molecular formula is C50H36N4. The molecule has 1 aliphatic carbocycles. The Labute approximate surface area is 314 Å². The Hall–Kier alpha value is -6.91. The van der Waals surface area contributed by atoms with Crippen LogP contribution < -0.4 is 0 Å². The molecule has 4 nitrogen and oxygen atoms in total. The van der Waals surface area contributed by atoms with Gasteiger partial charge in [0.2, 0.25) is 0 Å². The number of nitrogens with zero attached hydrogens (tertiary/aromatic N) is 4. The molecule has 3 heterocycles. The van der Waals surface area contributed by atoms with Crippen LogP contribution in [0, 0.1) is 5.92 Å². The van der Waals surface area contributed by atoms with Crippen molar-refractivity contribution in [3.8, 4) is 50.8 Å². The van der Waals surface area contributed by atoms with Crippen molar-refractivity contribution < 1.29 is 0 Å². The number of allylic oxidation sites excluding steroid dienone is 4. The van der Waals surface area contributed by atoms with Gasteiger partial charge in [-0.3, -0.25) is 0 Å². The molecule has 4 heteroatoms. The van der Waals surface area contributed by atoms with Crippen molar-refractivity contribution in [2.45, 2.75) is 13.3 Å². The highest BCUT2D eigenvalue weighted by Crippen LogP contribution is 2.41. The lowest BCUT2D eigenvalue weighted by atomic mass is 9.92. The zero-order chi connectivity index (χ0) is 36.0. The molecule has 10 rings (SSSR count). The van der Waals surface area contributed by atoms with Crippen LogP contribution >= 0.6 is 0 Å². The van der Waals surface area contributed by atoms with Crippen LogP contribution in [-0.4, -0.2) is 19.5 Å². The second kappa shape index (κ2) is 13.3. The number of hydrogen-bond acceptors (Lipinski definition) is 3. The number of pyridine rings is 1. The van der Waals surface area contributed by atoms with Gasteiger partial charge >= 0.3 is 0 Å². The van der Waals surface area contributed by atoms with Gasteiger partial charge in [-0.2, -0.15) is 0 Å². The molecule has 0 saturated heterocycles. The standard InChI is InChI=1S/C50H36N4/c1-33-14-12-17-37(30-33)38-18-13-19-39(31-38)45-32-44(34-15-4-2-5-16-34)52-50(53-45)36-28-26-35(27-29-36)48-47-42-23-9-11-25-46(42)54(40-20-6-3-7-21-40)49(47)41-22-8-10-24-43(41)51-48/h2-13,15-33H,14H2,1H3. The lowest BCUT2D eigenvalue weighted by Gasteiger charge is -2.14. The largest absolute Gasteiger partial charge is 0.308 e. The smallest absolute Gasteiger partial charge is 0.160 e. The molecule has 9 aromatic rings. The van der Waals surface area contributed by atoms with Gasteiger partial charge < -0.3 is 4.57 Å². The fourth-order valence-corrected chi connectivity index (χ4v) is 7.89. The zero-order valence-corrected chi connectivity index (χ0v) is 29.9. The quantitative estimate of drug-likeness (QED) is 0.174. The fourth-order valence-electron chi connectivity index (χ4n) is 7.89. The van der Waals surface area contributed by atoms with Crippen molar-refractivity contribution in [3.63, 3.8) is 0 Å². The zero-order valence-electron chi connectivity index (χ0n) is 29.9. The highest BCUT2D eigenvalue weighted by Gasteiger charge is 2.21. The van der Waals surface area contributed by atoms with E-state index in [2.05, 4.69) is 187 Å². The Balaban J connectivity index is 1.13. The van der Waals surface area contributed by atoms with Gasteiger partial charge in [-0.05, 0) is 59.9 Å². The highest BCUT2D eigenvalue weighted by atomic mass is 15.0. The number of fused-ring (bicyclic) bond motifs is 5. The molecule has 0 bridgehead atoms. The molecule has 0 N–H and O–H groups in total. The van der Waals surface area contributed by atoms with Crippen molar-refractivity contribution >= 4 is 38.3 Å². The molecule has 1 atom stereocenters. The van der Waals surface area contributed by atoms with E-state index in [1.165, 1.54) is 16.5 Å². The van der Waals surface area contributed by atoms with Crippen LogP contribution in [0.25, 0.3) is 89.1 Å². The average molecular weight is 693 g/mol. The van der Waals surface area contributed by atoms with Crippen molar-refractivity contribution in [1.29, 1.82) is 0 Å². The molecular weight excluding hydrogens is 657 g/mol. The van der Waals surface area contributed by atoms with E-state index in [9.17, 15) is 0 Å². The van der Waals surface area contributed by atoms with E-state index in [0.717, 1.165) is 78.8 Å². The number of rotatable bonds is 6. The van der Waals surface area contributed by atoms with E-state index in [1.54, 1.807) is 0 Å².